The van der Waals surface area contributed by atoms with Crippen LogP contribution in [-0.4, -0.2) is 47.6 Å². The minimum absolute atomic E-state index is 0.300. The molecule has 24 heavy (non-hydrogen) atoms. The fraction of sp³-hybridized carbons (Fsp3) is 0.529. The number of benzene rings is 1. The Morgan fingerprint density at radius 1 is 1.17 bits per heavy atom. The normalized spacial score (nSPS) is 11.2. The highest BCUT2D eigenvalue weighted by molar-refractivity contribution is 7.98. The van der Waals surface area contributed by atoms with E-state index in [9.17, 15) is 0 Å². The van der Waals surface area contributed by atoms with E-state index in [1.54, 1.807) is 18.9 Å². The van der Waals surface area contributed by atoms with E-state index in [-0.39, 0.29) is 6.29 Å². The first-order chi connectivity index (χ1) is 11.7. The van der Waals surface area contributed by atoms with Crippen molar-refractivity contribution < 1.29 is 14.2 Å². The Morgan fingerprint density at radius 2 is 1.92 bits per heavy atom. The lowest BCUT2D eigenvalue weighted by Gasteiger charge is -2.19. The average molecular weight is 351 g/mol. The molecule has 2 rings (SSSR count). The van der Waals surface area contributed by atoms with Gasteiger partial charge in [-0.15, -0.1) is 10.2 Å². The molecule has 7 heteroatoms. The molecule has 0 atom stereocenters. The predicted molar refractivity (Wildman–Crippen MR) is 94.6 cm³/mol. The van der Waals surface area contributed by atoms with Gasteiger partial charge in [-0.25, -0.2) is 0 Å². The third kappa shape index (κ3) is 4.96. The largest absolute Gasteiger partial charge is 0.497 e. The van der Waals surface area contributed by atoms with Crippen LogP contribution in [0.25, 0.3) is 0 Å². The van der Waals surface area contributed by atoms with Gasteiger partial charge in [-0.2, -0.15) is 0 Å². The molecule has 0 saturated heterocycles. The lowest BCUT2D eigenvalue weighted by Crippen LogP contribution is -2.25. The Labute approximate surface area is 147 Å². The van der Waals surface area contributed by atoms with Gasteiger partial charge in [0, 0.05) is 19.6 Å². The number of methoxy groups -OCH3 is 1. The summed E-state index contributed by atoms with van der Waals surface area (Å²) in [6, 6.07) is 7.98. The first-order valence-corrected chi connectivity index (χ1v) is 9.26. The molecule has 0 aliphatic carbocycles. The summed E-state index contributed by atoms with van der Waals surface area (Å²) in [6.45, 7) is 5.71. The molecule has 0 amide bonds. The number of rotatable bonds is 10. The molecule has 6 nitrogen and oxygen atoms in total. The maximum absolute atomic E-state index is 5.67. The molecule has 1 aromatic carbocycles. The van der Waals surface area contributed by atoms with E-state index in [2.05, 4.69) is 20.8 Å². The molecule has 0 spiro atoms. The number of aromatic nitrogens is 3. The van der Waals surface area contributed by atoms with E-state index >= 15 is 0 Å². The molecule has 132 valence electrons. The van der Waals surface area contributed by atoms with E-state index in [0.29, 0.717) is 26.2 Å². The number of hydrogen-bond acceptors (Lipinski definition) is 6. The van der Waals surface area contributed by atoms with Crippen molar-refractivity contribution in [3.8, 4) is 5.75 Å². The van der Waals surface area contributed by atoms with Crippen molar-refractivity contribution in [1.29, 1.82) is 0 Å². The minimum atomic E-state index is -0.300. The van der Waals surface area contributed by atoms with E-state index < -0.39 is 0 Å². The summed E-state index contributed by atoms with van der Waals surface area (Å²) in [4.78, 5) is 0. The zero-order valence-electron chi connectivity index (χ0n) is 14.7. The van der Waals surface area contributed by atoms with E-state index in [1.807, 2.05) is 38.3 Å². The van der Waals surface area contributed by atoms with Crippen molar-refractivity contribution in [3.05, 3.63) is 35.7 Å². The second-order valence-electron chi connectivity index (χ2n) is 5.08. The maximum atomic E-state index is 5.67. The van der Waals surface area contributed by atoms with Crippen molar-refractivity contribution in [2.45, 2.75) is 38.3 Å². The van der Waals surface area contributed by atoms with Gasteiger partial charge in [0.25, 0.3) is 0 Å². The Balaban J connectivity index is 2.22. The molecule has 2 aromatic rings. The molecular formula is C17H25N3O3S. The lowest BCUT2D eigenvalue weighted by molar-refractivity contribution is -0.144. The zero-order chi connectivity index (χ0) is 17.4. The summed E-state index contributed by atoms with van der Waals surface area (Å²) < 4.78 is 18.7. The van der Waals surface area contributed by atoms with Crippen LogP contribution >= 0.6 is 11.8 Å². The van der Waals surface area contributed by atoms with E-state index in [1.165, 1.54) is 0 Å². The quantitative estimate of drug-likeness (QED) is 0.484. The molecule has 1 heterocycles. The third-order valence-electron chi connectivity index (χ3n) is 3.51. The van der Waals surface area contributed by atoms with E-state index in [4.69, 9.17) is 14.2 Å². The molecule has 0 saturated carbocycles. The van der Waals surface area contributed by atoms with Crippen molar-refractivity contribution in [3.63, 3.8) is 0 Å². The van der Waals surface area contributed by atoms with Crippen LogP contribution in [0.4, 0.5) is 0 Å². The summed E-state index contributed by atoms with van der Waals surface area (Å²) in [5.74, 6) is 1.72. The number of ether oxygens (including phenoxy) is 3. The monoisotopic (exact) mass is 351 g/mol. The van der Waals surface area contributed by atoms with Gasteiger partial charge >= 0.3 is 0 Å². The molecule has 0 radical (unpaired) electrons. The molecule has 0 aliphatic heterocycles. The Morgan fingerprint density at radius 3 is 2.54 bits per heavy atom. The number of nitrogens with zero attached hydrogens (tertiary/aromatic N) is 3. The lowest BCUT2D eigenvalue weighted by atomic mass is 10.1. The summed E-state index contributed by atoms with van der Waals surface area (Å²) in [7, 11) is 1.67. The van der Waals surface area contributed by atoms with Gasteiger partial charge in [0.2, 0.25) is 0 Å². The van der Waals surface area contributed by atoms with Crippen molar-refractivity contribution in [1.82, 2.24) is 14.8 Å². The highest BCUT2D eigenvalue weighted by atomic mass is 32.2. The highest BCUT2D eigenvalue weighted by Gasteiger charge is 2.17. The van der Waals surface area contributed by atoms with Crippen LogP contribution in [0, 0.1) is 0 Å². The van der Waals surface area contributed by atoms with Crippen LogP contribution in [-0.2, 0) is 22.4 Å². The molecular weight excluding hydrogens is 326 g/mol. The molecule has 0 N–H and O–H groups in total. The summed E-state index contributed by atoms with van der Waals surface area (Å²) in [5.41, 5.74) is 1.13. The number of thioether (sulfide) groups is 1. The second kappa shape index (κ2) is 9.66. The minimum Gasteiger partial charge on any atom is -0.497 e. The predicted octanol–water partition coefficient (Wildman–Crippen LogP) is 3.00. The Bertz CT molecular complexity index is 627. The van der Waals surface area contributed by atoms with Crippen LogP contribution in [0.3, 0.4) is 0 Å². The second-order valence-corrected chi connectivity index (χ2v) is 5.86. The fourth-order valence-electron chi connectivity index (χ4n) is 2.42. The molecule has 0 fully saturated rings. The molecule has 0 aliphatic rings. The summed E-state index contributed by atoms with van der Waals surface area (Å²) >= 11 is 1.57. The summed E-state index contributed by atoms with van der Waals surface area (Å²) in [5, 5.41) is 9.49. The van der Waals surface area contributed by atoms with Crippen molar-refractivity contribution in [2.75, 3.05) is 26.6 Å². The molecule has 1 aromatic heterocycles. The molecule has 0 unspecified atom stereocenters. The van der Waals surface area contributed by atoms with Gasteiger partial charge < -0.3 is 18.8 Å². The van der Waals surface area contributed by atoms with Crippen LogP contribution in [0.1, 0.15) is 25.2 Å². The van der Waals surface area contributed by atoms with Gasteiger partial charge in [0.05, 0.1) is 13.7 Å². The molecule has 0 bridgehead atoms. The van der Waals surface area contributed by atoms with Gasteiger partial charge in [0.15, 0.2) is 11.4 Å². The van der Waals surface area contributed by atoms with Crippen LogP contribution in [0.15, 0.2) is 29.4 Å². The maximum Gasteiger partial charge on any atom is 0.191 e. The smallest absolute Gasteiger partial charge is 0.191 e. The van der Waals surface area contributed by atoms with Crippen molar-refractivity contribution >= 4 is 11.8 Å². The van der Waals surface area contributed by atoms with Gasteiger partial charge in [-0.1, -0.05) is 23.9 Å². The van der Waals surface area contributed by atoms with Gasteiger partial charge in [-0.05, 0) is 37.8 Å². The SMILES string of the molecule is CCOC(Cn1c(Cc2cccc(OC)c2)nnc1SC)OCC. The highest BCUT2D eigenvalue weighted by Crippen LogP contribution is 2.20. The zero-order valence-corrected chi connectivity index (χ0v) is 15.5. The Kier molecular flexibility index (Phi) is 7.55. The average Bonchev–Trinajstić information content (AvgIpc) is 2.97. The summed E-state index contributed by atoms with van der Waals surface area (Å²) in [6.07, 6.45) is 2.37. The standard InChI is InChI=1S/C17H25N3O3S/c1-5-22-16(23-6-2)12-20-15(18-19-17(20)24-4)11-13-8-7-9-14(10-13)21-3/h7-10,16H,5-6,11-12H2,1-4H3. The van der Waals surface area contributed by atoms with Crippen LogP contribution < -0.4 is 4.74 Å². The van der Waals surface area contributed by atoms with E-state index in [0.717, 1.165) is 22.3 Å². The van der Waals surface area contributed by atoms with Gasteiger partial charge in [0.1, 0.15) is 11.6 Å². The fourth-order valence-corrected chi connectivity index (χ4v) is 2.95. The Hall–Kier alpha value is -1.57. The number of hydrogen-bond donors (Lipinski definition) is 0. The van der Waals surface area contributed by atoms with Crippen molar-refractivity contribution in [2.24, 2.45) is 0 Å². The topological polar surface area (TPSA) is 58.4 Å². The van der Waals surface area contributed by atoms with Gasteiger partial charge in [-0.3, -0.25) is 0 Å². The van der Waals surface area contributed by atoms with Crippen LogP contribution in [0.5, 0.6) is 5.75 Å². The first kappa shape index (κ1) is 18.8. The third-order valence-corrected chi connectivity index (χ3v) is 4.18. The van der Waals surface area contributed by atoms with Crippen LogP contribution in [0.2, 0.25) is 0 Å². The first-order valence-electron chi connectivity index (χ1n) is 8.04.